The van der Waals surface area contributed by atoms with E-state index in [1.165, 1.54) is 0 Å². The molecule has 0 bridgehead atoms. The van der Waals surface area contributed by atoms with E-state index in [-0.39, 0.29) is 13.0 Å². The van der Waals surface area contributed by atoms with Crippen molar-refractivity contribution in [2.45, 2.75) is 25.4 Å². The van der Waals surface area contributed by atoms with Crippen molar-refractivity contribution < 1.29 is 13.2 Å². The fourth-order valence-electron chi connectivity index (χ4n) is 2.70. The second-order valence-corrected chi connectivity index (χ2v) is 5.51. The maximum atomic E-state index is 12.9. The normalized spacial score (nSPS) is 20.2. The third-order valence-electron chi connectivity index (χ3n) is 3.71. The monoisotopic (exact) mass is 306 g/mol. The second kappa shape index (κ2) is 6.22. The lowest BCUT2D eigenvalue weighted by atomic mass is 9.96. The van der Waals surface area contributed by atoms with Crippen LogP contribution in [-0.2, 0) is 6.42 Å². The summed E-state index contributed by atoms with van der Waals surface area (Å²) in [6.07, 6.45) is -2.82. The summed E-state index contributed by atoms with van der Waals surface area (Å²) in [6, 6.07) is 5.35. The first-order valence-corrected chi connectivity index (χ1v) is 7.10. The minimum absolute atomic E-state index is 0.00140. The molecular weight excluding hydrogens is 289 g/mol. The van der Waals surface area contributed by atoms with Crippen molar-refractivity contribution in [1.29, 1.82) is 0 Å². The van der Waals surface area contributed by atoms with E-state index >= 15 is 0 Å². The lowest BCUT2D eigenvalue weighted by Gasteiger charge is -2.36. The van der Waals surface area contributed by atoms with Crippen LogP contribution >= 0.6 is 11.6 Å². The second-order valence-electron chi connectivity index (χ2n) is 5.10. The van der Waals surface area contributed by atoms with Crippen molar-refractivity contribution in [1.82, 2.24) is 0 Å². The van der Waals surface area contributed by atoms with Gasteiger partial charge >= 0.3 is 6.18 Å². The van der Waals surface area contributed by atoms with Crippen LogP contribution in [0.25, 0.3) is 0 Å². The van der Waals surface area contributed by atoms with Gasteiger partial charge in [0.25, 0.3) is 0 Å². The quantitative estimate of drug-likeness (QED) is 0.924. The van der Waals surface area contributed by atoms with E-state index in [2.05, 4.69) is 0 Å². The minimum atomic E-state index is -4.13. The first kappa shape index (κ1) is 15.4. The molecule has 1 unspecified atom stereocenters. The van der Waals surface area contributed by atoms with Crippen molar-refractivity contribution in [3.8, 4) is 0 Å². The molecule has 2 N–H and O–H groups in total. The Kier molecular flexibility index (Phi) is 4.81. The molecular formula is C14H18ClF3N2. The molecule has 0 spiro atoms. The van der Waals surface area contributed by atoms with E-state index in [0.717, 1.165) is 11.3 Å². The maximum Gasteiger partial charge on any atom is 0.393 e. The molecule has 1 aliphatic heterocycles. The summed E-state index contributed by atoms with van der Waals surface area (Å²) < 4.78 is 38.7. The number of rotatable bonds is 3. The largest absolute Gasteiger partial charge is 0.393 e. The van der Waals surface area contributed by atoms with E-state index in [1.54, 1.807) is 17.0 Å². The minimum Gasteiger partial charge on any atom is -0.371 e. The Morgan fingerprint density at radius 3 is 2.75 bits per heavy atom. The van der Waals surface area contributed by atoms with Crippen molar-refractivity contribution >= 4 is 17.3 Å². The molecule has 1 fully saturated rings. The molecule has 20 heavy (non-hydrogen) atoms. The summed E-state index contributed by atoms with van der Waals surface area (Å²) in [7, 11) is 0. The van der Waals surface area contributed by atoms with Gasteiger partial charge in [-0.15, -0.1) is 0 Å². The number of benzene rings is 1. The Morgan fingerprint density at radius 1 is 1.35 bits per heavy atom. The van der Waals surface area contributed by atoms with E-state index < -0.39 is 12.1 Å². The van der Waals surface area contributed by atoms with Crippen molar-refractivity contribution in [3.63, 3.8) is 0 Å². The molecule has 2 nitrogen and oxygen atoms in total. The van der Waals surface area contributed by atoms with Crippen LogP contribution in [-0.4, -0.2) is 25.8 Å². The van der Waals surface area contributed by atoms with Gasteiger partial charge in [-0.1, -0.05) is 17.7 Å². The number of piperidine rings is 1. The number of nitrogens with zero attached hydrogens (tertiary/aromatic N) is 1. The summed E-state index contributed by atoms with van der Waals surface area (Å²) >= 11 is 6.15. The molecule has 1 heterocycles. The summed E-state index contributed by atoms with van der Waals surface area (Å²) in [5.41, 5.74) is 7.20. The first-order chi connectivity index (χ1) is 9.43. The van der Waals surface area contributed by atoms with Gasteiger partial charge in [-0.05, 0) is 43.5 Å². The van der Waals surface area contributed by atoms with E-state index in [4.69, 9.17) is 17.3 Å². The van der Waals surface area contributed by atoms with Crippen molar-refractivity contribution in [2.75, 3.05) is 24.5 Å². The zero-order valence-electron chi connectivity index (χ0n) is 11.1. The Hall–Kier alpha value is -0.940. The van der Waals surface area contributed by atoms with Crippen molar-refractivity contribution in [2.24, 2.45) is 11.7 Å². The average molecular weight is 307 g/mol. The smallest absolute Gasteiger partial charge is 0.371 e. The van der Waals surface area contributed by atoms with E-state index in [9.17, 15) is 13.2 Å². The zero-order valence-corrected chi connectivity index (χ0v) is 11.8. The van der Waals surface area contributed by atoms with Crippen LogP contribution in [0.2, 0.25) is 5.02 Å². The molecule has 1 atom stereocenters. The number of nitrogens with two attached hydrogens (primary N) is 1. The Bertz CT molecular complexity index is 462. The van der Waals surface area contributed by atoms with Gasteiger partial charge < -0.3 is 10.6 Å². The number of hydrogen-bond acceptors (Lipinski definition) is 2. The fourth-order valence-corrected chi connectivity index (χ4v) is 2.96. The number of hydrogen-bond donors (Lipinski definition) is 1. The number of halogens is 4. The first-order valence-electron chi connectivity index (χ1n) is 6.72. The van der Waals surface area contributed by atoms with Gasteiger partial charge in [0, 0.05) is 23.8 Å². The molecule has 2 rings (SSSR count). The third kappa shape index (κ3) is 3.38. The highest BCUT2D eigenvalue weighted by molar-refractivity contribution is 6.31. The standard InChI is InChI=1S/C14H18ClF3N2/c15-12-4-1-5-13(11(12)6-7-19)20-8-2-3-10(9-20)14(16,17)18/h1,4-5,10H,2-3,6-9,19H2. The SMILES string of the molecule is NCCc1c(Cl)cccc1N1CCCC(C(F)(F)F)C1. The van der Waals surface area contributed by atoms with Crippen LogP contribution in [0, 0.1) is 5.92 Å². The van der Waals surface area contributed by atoms with Gasteiger partial charge in [0.1, 0.15) is 0 Å². The summed E-state index contributed by atoms with van der Waals surface area (Å²) in [6.45, 7) is 1.05. The fraction of sp³-hybridized carbons (Fsp3) is 0.571. The Balaban J connectivity index is 2.25. The Labute approximate surface area is 121 Å². The van der Waals surface area contributed by atoms with Gasteiger partial charge in [0.2, 0.25) is 0 Å². The molecule has 112 valence electrons. The lowest BCUT2D eigenvalue weighted by molar-refractivity contribution is -0.176. The summed E-state index contributed by atoms with van der Waals surface area (Å²) in [4.78, 5) is 1.79. The molecule has 1 saturated heterocycles. The average Bonchev–Trinajstić information content (AvgIpc) is 2.40. The van der Waals surface area contributed by atoms with Gasteiger partial charge in [-0.25, -0.2) is 0 Å². The van der Waals surface area contributed by atoms with Crippen LogP contribution in [0.15, 0.2) is 18.2 Å². The number of anilines is 1. The topological polar surface area (TPSA) is 29.3 Å². The summed E-state index contributed by atoms with van der Waals surface area (Å²) in [5.74, 6) is -1.26. The summed E-state index contributed by atoms with van der Waals surface area (Å²) in [5, 5.41) is 0.571. The molecule has 6 heteroatoms. The van der Waals surface area contributed by atoms with Gasteiger partial charge in [-0.3, -0.25) is 0 Å². The maximum absolute atomic E-state index is 12.9. The molecule has 0 radical (unpaired) electrons. The van der Waals surface area contributed by atoms with Gasteiger partial charge in [-0.2, -0.15) is 13.2 Å². The molecule has 0 amide bonds. The van der Waals surface area contributed by atoms with Crippen LogP contribution in [0.3, 0.4) is 0 Å². The molecule has 0 saturated carbocycles. The molecule has 1 aromatic rings. The predicted molar refractivity (Wildman–Crippen MR) is 75.2 cm³/mol. The predicted octanol–water partition coefficient (Wildman–Crippen LogP) is 3.62. The van der Waals surface area contributed by atoms with E-state index in [1.807, 2.05) is 6.07 Å². The van der Waals surface area contributed by atoms with Crippen LogP contribution in [0.4, 0.5) is 18.9 Å². The van der Waals surface area contributed by atoms with Gasteiger partial charge in [0.05, 0.1) is 5.92 Å². The third-order valence-corrected chi connectivity index (χ3v) is 4.07. The van der Waals surface area contributed by atoms with Gasteiger partial charge in [0.15, 0.2) is 0 Å². The number of alkyl halides is 3. The molecule has 0 aromatic heterocycles. The molecule has 0 aliphatic carbocycles. The highest BCUT2D eigenvalue weighted by Gasteiger charge is 2.42. The van der Waals surface area contributed by atoms with Crippen molar-refractivity contribution in [3.05, 3.63) is 28.8 Å². The van der Waals surface area contributed by atoms with Crippen LogP contribution in [0.5, 0.6) is 0 Å². The molecule has 1 aromatic carbocycles. The molecule has 1 aliphatic rings. The lowest BCUT2D eigenvalue weighted by Crippen LogP contribution is -2.42. The Morgan fingerprint density at radius 2 is 2.10 bits per heavy atom. The highest BCUT2D eigenvalue weighted by atomic mass is 35.5. The van der Waals surface area contributed by atoms with Crippen LogP contribution < -0.4 is 10.6 Å². The van der Waals surface area contributed by atoms with Crippen LogP contribution in [0.1, 0.15) is 18.4 Å². The van der Waals surface area contributed by atoms with E-state index in [0.29, 0.717) is 31.0 Å². The zero-order chi connectivity index (χ0) is 14.8. The highest BCUT2D eigenvalue weighted by Crippen LogP contribution is 2.36.